The van der Waals surface area contributed by atoms with Gasteiger partial charge < -0.3 is 19.5 Å². The molecule has 0 aromatic heterocycles. The zero-order chi connectivity index (χ0) is 15.9. The van der Waals surface area contributed by atoms with Crippen LogP contribution in [0.1, 0.15) is 32.1 Å². The van der Waals surface area contributed by atoms with Crippen LogP contribution < -0.4 is 10.1 Å². The summed E-state index contributed by atoms with van der Waals surface area (Å²) in [7, 11) is 0. The Morgan fingerprint density at radius 2 is 2.04 bits per heavy atom. The van der Waals surface area contributed by atoms with Crippen molar-refractivity contribution in [2.45, 2.75) is 50.4 Å². The lowest BCUT2D eigenvalue weighted by molar-refractivity contribution is -0.128. The Bertz CT molecular complexity index is 487. The summed E-state index contributed by atoms with van der Waals surface area (Å²) in [6.45, 7) is 1.40. The predicted octanol–water partition coefficient (Wildman–Crippen LogP) is 2.30. The Kier molecular flexibility index (Phi) is 5.88. The Balaban J connectivity index is 1.39. The Labute approximate surface area is 137 Å². The molecule has 0 unspecified atom stereocenters. The number of rotatable bonds is 7. The van der Waals surface area contributed by atoms with Crippen LogP contribution in [0.3, 0.4) is 0 Å². The summed E-state index contributed by atoms with van der Waals surface area (Å²) in [6, 6.07) is 9.83. The highest BCUT2D eigenvalue weighted by Gasteiger charge is 2.30. The van der Waals surface area contributed by atoms with Gasteiger partial charge in [0.25, 0.3) is 0 Å². The standard InChI is InChI=1S/C18H25NO4/c20-18(13-21-12-15-8-5-11-22-15)19-16-9-4-10-17(16)23-14-6-2-1-3-7-14/h1-3,6-7,15-17H,4-5,8-13H2,(H,19,20)/t15-,16-,17-/m0/s1. The van der Waals surface area contributed by atoms with Crippen molar-refractivity contribution in [1.82, 2.24) is 5.32 Å². The number of carbonyl (C=O) groups excluding carboxylic acids is 1. The molecule has 1 N–H and O–H groups in total. The van der Waals surface area contributed by atoms with Crippen molar-refractivity contribution in [3.8, 4) is 5.75 Å². The molecule has 5 heteroatoms. The number of hydrogen-bond donors (Lipinski definition) is 1. The lowest BCUT2D eigenvalue weighted by Crippen LogP contribution is -2.44. The molecule has 1 aromatic rings. The van der Waals surface area contributed by atoms with Gasteiger partial charge in [0.2, 0.25) is 5.91 Å². The van der Waals surface area contributed by atoms with Gasteiger partial charge in [0.05, 0.1) is 18.8 Å². The fourth-order valence-electron chi connectivity index (χ4n) is 3.21. The van der Waals surface area contributed by atoms with E-state index in [4.69, 9.17) is 14.2 Å². The maximum atomic E-state index is 12.0. The van der Waals surface area contributed by atoms with E-state index in [-0.39, 0.29) is 30.8 Å². The van der Waals surface area contributed by atoms with E-state index in [9.17, 15) is 4.79 Å². The van der Waals surface area contributed by atoms with E-state index in [1.54, 1.807) is 0 Å². The first-order chi connectivity index (χ1) is 11.3. The van der Waals surface area contributed by atoms with Gasteiger partial charge in [0.15, 0.2) is 0 Å². The van der Waals surface area contributed by atoms with Crippen LogP contribution in [0.4, 0.5) is 0 Å². The van der Waals surface area contributed by atoms with Gasteiger partial charge in [-0.05, 0) is 44.2 Å². The number of carbonyl (C=O) groups is 1. The van der Waals surface area contributed by atoms with Crippen molar-refractivity contribution in [3.05, 3.63) is 30.3 Å². The lowest BCUT2D eigenvalue weighted by Gasteiger charge is -2.22. The van der Waals surface area contributed by atoms with Gasteiger partial charge in [-0.3, -0.25) is 4.79 Å². The molecule has 0 radical (unpaired) electrons. The van der Waals surface area contributed by atoms with E-state index in [0.29, 0.717) is 6.61 Å². The van der Waals surface area contributed by atoms with Crippen LogP contribution in [-0.4, -0.2) is 44.0 Å². The van der Waals surface area contributed by atoms with E-state index in [0.717, 1.165) is 44.5 Å². The highest BCUT2D eigenvalue weighted by Crippen LogP contribution is 2.24. The van der Waals surface area contributed by atoms with Gasteiger partial charge in [-0.2, -0.15) is 0 Å². The third-order valence-corrected chi connectivity index (χ3v) is 4.39. The summed E-state index contributed by atoms with van der Waals surface area (Å²) in [5.41, 5.74) is 0. The third kappa shape index (κ3) is 4.94. The highest BCUT2D eigenvalue weighted by atomic mass is 16.5. The van der Waals surface area contributed by atoms with Crippen LogP contribution in [0, 0.1) is 0 Å². The zero-order valence-corrected chi connectivity index (χ0v) is 13.4. The average Bonchev–Trinajstić information content (AvgIpc) is 3.21. The normalized spacial score (nSPS) is 27.0. The summed E-state index contributed by atoms with van der Waals surface area (Å²) < 4.78 is 16.9. The molecule has 1 saturated heterocycles. The first-order valence-electron chi connectivity index (χ1n) is 8.51. The van der Waals surface area contributed by atoms with Gasteiger partial charge in [0.1, 0.15) is 18.5 Å². The minimum Gasteiger partial charge on any atom is -0.488 e. The molecule has 23 heavy (non-hydrogen) atoms. The minimum atomic E-state index is -0.0726. The second-order valence-corrected chi connectivity index (χ2v) is 6.22. The van der Waals surface area contributed by atoms with Gasteiger partial charge in [-0.15, -0.1) is 0 Å². The van der Waals surface area contributed by atoms with Crippen LogP contribution in [0.25, 0.3) is 0 Å². The van der Waals surface area contributed by atoms with Gasteiger partial charge in [0, 0.05) is 6.61 Å². The summed E-state index contributed by atoms with van der Waals surface area (Å²) in [5, 5.41) is 3.04. The number of para-hydroxylation sites is 1. The molecule has 1 aliphatic heterocycles. The minimum absolute atomic E-state index is 0.0412. The van der Waals surface area contributed by atoms with Gasteiger partial charge >= 0.3 is 0 Å². The molecular formula is C18H25NO4. The molecule has 2 fully saturated rings. The van der Waals surface area contributed by atoms with Crippen molar-refractivity contribution < 1.29 is 19.0 Å². The smallest absolute Gasteiger partial charge is 0.246 e. The number of nitrogens with one attached hydrogen (secondary N) is 1. The van der Waals surface area contributed by atoms with Crippen LogP contribution in [-0.2, 0) is 14.3 Å². The quantitative estimate of drug-likeness (QED) is 0.838. The molecule has 1 heterocycles. The van der Waals surface area contributed by atoms with E-state index < -0.39 is 0 Å². The van der Waals surface area contributed by atoms with Crippen LogP contribution >= 0.6 is 0 Å². The van der Waals surface area contributed by atoms with Gasteiger partial charge in [-0.1, -0.05) is 18.2 Å². The molecule has 0 spiro atoms. The maximum Gasteiger partial charge on any atom is 0.246 e. The molecule has 3 atom stereocenters. The molecule has 1 saturated carbocycles. The largest absolute Gasteiger partial charge is 0.488 e. The Hall–Kier alpha value is -1.59. The Morgan fingerprint density at radius 3 is 2.83 bits per heavy atom. The first kappa shape index (κ1) is 16.3. The SMILES string of the molecule is O=C(COC[C@@H]1CCCO1)N[C@H]1CCC[C@@H]1Oc1ccccc1. The molecular weight excluding hydrogens is 294 g/mol. The monoisotopic (exact) mass is 319 g/mol. The van der Waals surface area contributed by atoms with E-state index in [2.05, 4.69) is 5.32 Å². The molecule has 126 valence electrons. The number of amides is 1. The van der Waals surface area contributed by atoms with Crippen molar-refractivity contribution in [2.75, 3.05) is 19.8 Å². The van der Waals surface area contributed by atoms with E-state index in [1.807, 2.05) is 30.3 Å². The lowest BCUT2D eigenvalue weighted by atomic mass is 10.2. The molecule has 1 aromatic carbocycles. The molecule has 0 bridgehead atoms. The molecule has 1 amide bonds. The second kappa shape index (κ2) is 8.31. The number of benzene rings is 1. The molecule has 1 aliphatic carbocycles. The summed E-state index contributed by atoms with van der Waals surface area (Å²) in [6.07, 6.45) is 5.30. The van der Waals surface area contributed by atoms with Crippen LogP contribution in [0.2, 0.25) is 0 Å². The maximum absolute atomic E-state index is 12.0. The zero-order valence-electron chi connectivity index (χ0n) is 13.4. The van der Waals surface area contributed by atoms with Crippen molar-refractivity contribution in [1.29, 1.82) is 0 Å². The summed E-state index contributed by atoms with van der Waals surface area (Å²) >= 11 is 0. The van der Waals surface area contributed by atoms with Gasteiger partial charge in [-0.25, -0.2) is 0 Å². The highest BCUT2D eigenvalue weighted by molar-refractivity contribution is 5.77. The Morgan fingerprint density at radius 1 is 1.17 bits per heavy atom. The third-order valence-electron chi connectivity index (χ3n) is 4.39. The topological polar surface area (TPSA) is 56.8 Å². The molecule has 2 aliphatic rings. The number of hydrogen-bond acceptors (Lipinski definition) is 4. The molecule has 3 rings (SSSR count). The predicted molar refractivity (Wildman–Crippen MR) is 86.4 cm³/mol. The van der Waals surface area contributed by atoms with Crippen LogP contribution in [0.5, 0.6) is 5.75 Å². The fourth-order valence-corrected chi connectivity index (χ4v) is 3.21. The van der Waals surface area contributed by atoms with E-state index in [1.165, 1.54) is 0 Å². The number of ether oxygens (including phenoxy) is 3. The second-order valence-electron chi connectivity index (χ2n) is 6.22. The van der Waals surface area contributed by atoms with Crippen molar-refractivity contribution >= 4 is 5.91 Å². The molecule has 5 nitrogen and oxygen atoms in total. The van der Waals surface area contributed by atoms with Crippen molar-refractivity contribution in [3.63, 3.8) is 0 Å². The summed E-state index contributed by atoms with van der Waals surface area (Å²) in [5.74, 6) is 0.782. The van der Waals surface area contributed by atoms with Crippen LogP contribution in [0.15, 0.2) is 30.3 Å². The first-order valence-corrected chi connectivity index (χ1v) is 8.51. The van der Waals surface area contributed by atoms with E-state index >= 15 is 0 Å². The van der Waals surface area contributed by atoms with Crippen molar-refractivity contribution in [2.24, 2.45) is 0 Å². The average molecular weight is 319 g/mol. The summed E-state index contributed by atoms with van der Waals surface area (Å²) in [4.78, 5) is 12.0. The fraction of sp³-hybridized carbons (Fsp3) is 0.611.